The summed E-state index contributed by atoms with van der Waals surface area (Å²) in [5.74, 6) is -0.115. The Morgan fingerprint density at radius 1 is 1.26 bits per heavy atom. The molecular weight excluding hydrogens is 361 g/mol. The van der Waals surface area contributed by atoms with Crippen LogP contribution in [0.1, 0.15) is 36.6 Å². The van der Waals surface area contributed by atoms with Crippen molar-refractivity contribution in [2.75, 3.05) is 13.1 Å². The molecule has 1 aromatic carbocycles. The van der Waals surface area contributed by atoms with E-state index in [0.717, 1.165) is 30.5 Å². The normalized spacial score (nSPS) is 23.3. The fourth-order valence-corrected chi connectivity index (χ4v) is 3.92. The van der Waals surface area contributed by atoms with Crippen LogP contribution >= 0.6 is 12.6 Å². The van der Waals surface area contributed by atoms with Crippen LogP contribution in [0.2, 0.25) is 0 Å². The van der Waals surface area contributed by atoms with Gasteiger partial charge in [0.25, 0.3) is 0 Å². The van der Waals surface area contributed by atoms with E-state index in [1.807, 2.05) is 6.08 Å². The predicted octanol–water partition coefficient (Wildman–Crippen LogP) is 3.72. The number of halogens is 1. The lowest BCUT2D eigenvalue weighted by molar-refractivity contribution is -0.126. The highest BCUT2D eigenvalue weighted by Crippen LogP contribution is 2.39. The molecule has 0 bridgehead atoms. The fourth-order valence-electron chi connectivity index (χ4n) is 3.65. The second kappa shape index (κ2) is 7.90. The fraction of sp³-hybridized carbons (Fsp3) is 0.381. The Morgan fingerprint density at radius 3 is 2.78 bits per heavy atom. The molecular formula is C21H22FN3OS. The van der Waals surface area contributed by atoms with Crippen LogP contribution in [-0.4, -0.2) is 39.0 Å². The Morgan fingerprint density at radius 2 is 2.07 bits per heavy atom. The van der Waals surface area contributed by atoms with Crippen LogP contribution in [0.3, 0.4) is 0 Å². The maximum Gasteiger partial charge on any atom is 0.157 e. The van der Waals surface area contributed by atoms with Crippen molar-refractivity contribution in [2.45, 2.75) is 30.6 Å². The van der Waals surface area contributed by atoms with Gasteiger partial charge in [-0.1, -0.05) is 18.2 Å². The monoisotopic (exact) mass is 383 g/mol. The molecule has 2 atom stereocenters. The molecule has 1 aromatic heterocycles. The van der Waals surface area contributed by atoms with Gasteiger partial charge in [-0.25, -0.2) is 4.39 Å². The smallest absolute Gasteiger partial charge is 0.157 e. The lowest BCUT2D eigenvalue weighted by atomic mass is 9.93. The van der Waals surface area contributed by atoms with E-state index < -0.39 is 6.04 Å². The largest absolute Gasteiger partial charge is 0.297 e. The SMILES string of the molecule is O=C(C1CC1)C(c1ccccc1F)N1CCC(S)/C(=C/c2cnccn2)C1. The summed E-state index contributed by atoms with van der Waals surface area (Å²) >= 11 is 4.71. The number of rotatable bonds is 5. The highest BCUT2D eigenvalue weighted by molar-refractivity contribution is 7.81. The molecule has 0 amide bonds. The zero-order chi connectivity index (χ0) is 18.8. The summed E-state index contributed by atoms with van der Waals surface area (Å²) < 4.78 is 14.5. The Kier molecular flexibility index (Phi) is 5.36. The van der Waals surface area contributed by atoms with Gasteiger partial charge in [0.1, 0.15) is 5.82 Å². The minimum absolute atomic E-state index is 0.0655. The maximum absolute atomic E-state index is 14.5. The molecule has 27 heavy (non-hydrogen) atoms. The number of hydrogen-bond donors (Lipinski definition) is 1. The summed E-state index contributed by atoms with van der Waals surface area (Å²) in [6.45, 7) is 1.28. The third-order valence-electron chi connectivity index (χ3n) is 5.23. The van der Waals surface area contributed by atoms with Crippen molar-refractivity contribution in [1.29, 1.82) is 0 Å². The molecule has 0 N–H and O–H groups in total. The van der Waals surface area contributed by atoms with Gasteiger partial charge in [0.15, 0.2) is 5.78 Å². The van der Waals surface area contributed by atoms with Crippen molar-refractivity contribution >= 4 is 24.5 Å². The molecule has 2 aromatic rings. The quantitative estimate of drug-likeness (QED) is 0.800. The Labute approximate surface area is 163 Å². The molecule has 2 unspecified atom stereocenters. The van der Waals surface area contributed by atoms with Crippen molar-refractivity contribution in [3.63, 3.8) is 0 Å². The van der Waals surface area contributed by atoms with Gasteiger partial charge < -0.3 is 0 Å². The van der Waals surface area contributed by atoms with Crippen molar-refractivity contribution in [3.8, 4) is 0 Å². The van der Waals surface area contributed by atoms with Gasteiger partial charge in [-0.05, 0) is 37.0 Å². The highest BCUT2D eigenvalue weighted by Gasteiger charge is 2.40. The summed E-state index contributed by atoms with van der Waals surface area (Å²) in [4.78, 5) is 23.5. The van der Waals surface area contributed by atoms with Crippen LogP contribution < -0.4 is 0 Å². The van der Waals surface area contributed by atoms with Gasteiger partial charge >= 0.3 is 0 Å². The number of carbonyl (C=O) groups is 1. The first-order valence-electron chi connectivity index (χ1n) is 9.30. The number of ketones is 1. The van der Waals surface area contributed by atoms with E-state index in [2.05, 4.69) is 14.9 Å². The number of hydrogen-bond acceptors (Lipinski definition) is 5. The zero-order valence-corrected chi connectivity index (χ0v) is 15.9. The molecule has 1 saturated heterocycles. The number of Topliss-reactive ketones (excluding diaryl/α,β-unsaturated/α-hetero) is 1. The van der Waals surface area contributed by atoms with Crippen LogP contribution in [0.25, 0.3) is 6.08 Å². The van der Waals surface area contributed by atoms with Crippen LogP contribution in [0, 0.1) is 11.7 Å². The number of thiol groups is 1. The lowest BCUT2D eigenvalue weighted by Gasteiger charge is -2.37. The van der Waals surface area contributed by atoms with Gasteiger partial charge in [0.2, 0.25) is 0 Å². The van der Waals surface area contributed by atoms with Gasteiger partial charge in [-0.2, -0.15) is 12.6 Å². The van der Waals surface area contributed by atoms with Crippen molar-refractivity contribution in [3.05, 3.63) is 65.5 Å². The minimum atomic E-state index is -0.537. The molecule has 140 valence electrons. The number of carbonyl (C=O) groups excluding carboxylic acids is 1. The summed E-state index contributed by atoms with van der Waals surface area (Å²) in [6, 6.07) is 6.10. The standard InChI is InChI=1S/C21H22FN3OS/c22-18-4-2-1-3-17(18)20(21(26)14-5-6-14)25-10-7-19(27)15(13-25)11-16-12-23-8-9-24-16/h1-4,8-9,11-12,14,19-20,27H,5-7,10,13H2/b15-11+. The highest BCUT2D eigenvalue weighted by atomic mass is 32.1. The molecule has 1 aliphatic heterocycles. The van der Waals surface area contributed by atoms with Crippen molar-refractivity contribution in [2.24, 2.45) is 5.92 Å². The van der Waals surface area contributed by atoms with E-state index in [1.165, 1.54) is 6.07 Å². The Balaban J connectivity index is 1.65. The first kappa shape index (κ1) is 18.3. The summed E-state index contributed by atoms with van der Waals surface area (Å²) in [6.07, 6.45) is 9.60. The van der Waals surface area contributed by atoms with E-state index in [1.54, 1.807) is 36.8 Å². The predicted molar refractivity (Wildman–Crippen MR) is 106 cm³/mol. The van der Waals surface area contributed by atoms with Crippen molar-refractivity contribution < 1.29 is 9.18 Å². The maximum atomic E-state index is 14.5. The number of aromatic nitrogens is 2. The first-order chi connectivity index (χ1) is 13.1. The Bertz CT molecular complexity index is 854. The van der Waals surface area contributed by atoms with Crippen LogP contribution in [0.4, 0.5) is 4.39 Å². The molecule has 6 heteroatoms. The summed E-state index contributed by atoms with van der Waals surface area (Å²) in [5.41, 5.74) is 2.32. The van der Waals surface area contributed by atoms with Gasteiger partial charge in [0, 0.05) is 42.2 Å². The number of benzene rings is 1. The van der Waals surface area contributed by atoms with E-state index in [9.17, 15) is 9.18 Å². The van der Waals surface area contributed by atoms with E-state index in [0.29, 0.717) is 18.7 Å². The lowest BCUT2D eigenvalue weighted by Crippen LogP contribution is -2.42. The summed E-state index contributed by atoms with van der Waals surface area (Å²) in [7, 11) is 0. The first-order valence-corrected chi connectivity index (χ1v) is 9.82. The van der Waals surface area contributed by atoms with Crippen LogP contribution in [0.5, 0.6) is 0 Å². The Hall–Kier alpha value is -2.05. The van der Waals surface area contributed by atoms with E-state index in [4.69, 9.17) is 12.6 Å². The second-order valence-corrected chi connectivity index (χ2v) is 7.85. The van der Waals surface area contributed by atoms with E-state index >= 15 is 0 Å². The third-order valence-corrected chi connectivity index (χ3v) is 5.82. The summed E-state index contributed by atoms with van der Waals surface area (Å²) in [5, 5.41) is 0.0977. The van der Waals surface area contributed by atoms with Gasteiger partial charge in [-0.3, -0.25) is 19.7 Å². The van der Waals surface area contributed by atoms with Crippen LogP contribution in [-0.2, 0) is 4.79 Å². The zero-order valence-electron chi connectivity index (χ0n) is 15.0. The third kappa shape index (κ3) is 4.12. The molecule has 0 radical (unpaired) electrons. The molecule has 1 saturated carbocycles. The van der Waals surface area contributed by atoms with Crippen LogP contribution in [0.15, 0.2) is 48.4 Å². The minimum Gasteiger partial charge on any atom is -0.297 e. The van der Waals surface area contributed by atoms with E-state index in [-0.39, 0.29) is 22.8 Å². The molecule has 2 fully saturated rings. The number of piperidine rings is 1. The van der Waals surface area contributed by atoms with Crippen molar-refractivity contribution in [1.82, 2.24) is 14.9 Å². The molecule has 2 heterocycles. The number of nitrogens with zero attached hydrogens (tertiary/aromatic N) is 3. The molecule has 1 aliphatic carbocycles. The van der Waals surface area contributed by atoms with Gasteiger partial charge in [0.05, 0.1) is 17.9 Å². The van der Waals surface area contributed by atoms with Gasteiger partial charge in [-0.15, -0.1) is 0 Å². The molecule has 2 aliphatic rings. The second-order valence-electron chi connectivity index (χ2n) is 7.23. The number of likely N-dealkylation sites (tertiary alicyclic amines) is 1. The molecule has 4 nitrogen and oxygen atoms in total. The average Bonchev–Trinajstić information content (AvgIpc) is 3.52. The average molecular weight is 383 g/mol. The molecule has 0 spiro atoms. The molecule has 4 rings (SSSR count). The topological polar surface area (TPSA) is 46.1 Å².